The fourth-order valence-corrected chi connectivity index (χ4v) is 1.88. The Hall–Kier alpha value is -1.08. The summed E-state index contributed by atoms with van der Waals surface area (Å²) in [5, 5.41) is 8.68. The van der Waals surface area contributed by atoms with E-state index in [0.717, 1.165) is 5.56 Å². The van der Waals surface area contributed by atoms with Gasteiger partial charge in [-0.1, -0.05) is 12.1 Å². The third kappa shape index (κ3) is 1.84. The zero-order valence-electron chi connectivity index (χ0n) is 8.07. The van der Waals surface area contributed by atoms with Crippen LogP contribution in [0.3, 0.4) is 0 Å². The standard InChI is InChI=1S/C11H10ClNO2/c12-8-11(14-5-6-15-11)10-3-1-9(7-13)2-4-10/h1-4H,5-6,8H2. The van der Waals surface area contributed by atoms with Gasteiger partial charge in [-0.05, 0) is 12.1 Å². The van der Waals surface area contributed by atoms with Gasteiger partial charge in [0, 0.05) is 5.56 Å². The first-order valence-electron chi connectivity index (χ1n) is 4.65. The Bertz CT molecular complexity index is 377. The van der Waals surface area contributed by atoms with E-state index in [-0.39, 0.29) is 5.88 Å². The van der Waals surface area contributed by atoms with Crippen molar-refractivity contribution in [3.63, 3.8) is 0 Å². The maximum absolute atomic E-state index is 8.68. The van der Waals surface area contributed by atoms with E-state index in [9.17, 15) is 0 Å². The molecule has 0 unspecified atom stereocenters. The number of ether oxygens (including phenoxy) is 2. The minimum Gasteiger partial charge on any atom is -0.342 e. The highest BCUT2D eigenvalue weighted by molar-refractivity contribution is 6.18. The third-order valence-corrected chi connectivity index (χ3v) is 2.74. The molecule has 0 radical (unpaired) electrons. The predicted octanol–water partition coefficient (Wildman–Crippen LogP) is 2.00. The molecule has 1 heterocycles. The minimum atomic E-state index is -0.824. The molecule has 0 saturated carbocycles. The molecule has 0 aliphatic carbocycles. The van der Waals surface area contributed by atoms with Crippen LogP contribution in [0, 0.1) is 11.3 Å². The molecule has 1 aromatic rings. The quantitative estimate of drug-likeness (QED) is 0.721. The van der Waals surface area contributed by atoms with Crippen molar-refractivity contribution < 1.29 is 9.47 Å². The van der Waals surface area contributed by atoms with Crippen LogP contribution in [-0.4, -0.2) is 19.1 Å². The average Bonchev–Trinajstić information content (AvgIpc) is 2.79. The lowest BCUT2D eigenvalue weighted by Crippen LogP contribution is -2.29. The molecule has 4 heteroatoms. The third-order valence-electron chi connectivity index (χ3n) is 2.38. The van der Waals surface area contributed by atoms with Crippen LogP contribution in [0.2, 0.25) is 0 Å². The van der Waals surface area contributed by atoms with Crippen LogP contribution in [0.1, 0.15) is 11.1 Å². The Labute approximate surface area is 93.2 Å². The molecular weight excluding hydrogens is 214 g/mol. The van der Waals surface area contributed by atoms with Gasteiger partial charge in [0.05, 0.1) is 30.7 Å². The van der Waals surface area contributed by atoms with Gasteiger partial charge in [0.15, 0.2) is 0 Å². The summed E-state index contributed by atoms with van der Waals surface area (Å²) in [5.74, 6) is -0.575. The van der Waals surface area contributed by atoms with Crippen LogP contribution >= 0.6 is 11.6 Å². The van der Waals surface area contributed by atoms with Crippen LogP contribution < -0.4 is 0 Å². The van der Waals surface area contributed by atoms with Crippen molar-refractivity contribution >= 4 is 11.6 Å². The highest BCUT2D eigenvalue weighted by atomic mass is 35.5. The fourth-order valence-electron chi connectivity index (χ4n) is 1.57. The summed E-state index contributed by atoms with van der Waals surface area (Å²) < 4.78 is 11.0. The molecule has 1 aliphatic rings. The van der Waals surface area contributed by atoms with E-state index in [0.29, 0.717) is 18.8 Å². The molecule has 2 rings (SSSR count). The summed E-state index contributed by atoms with van der Waals surface area (Å²) in [5.41, 5.74) is 1.47. The largest absolute Gasteiger partial charge is 0.342 e. The zero-order chi connectivity index (χ0) is 10.7. The van der Waals surface area contributed by atoms with Crippen molar-refractivity contribution in [2.75, 3.05) is 19.1 Å². The molecule has 1 saturated heterocycles. The number of nitrogens with zero attached hydrogens (tertiary/aromatic N) is 1. The van der Waals surface area contributed by atoms with Crippen molar-refractivity contribution in [1.82, 2.24) is 0 Å². The van der Waals surface area contributed by atoms with Gasteiger partial charge in [0.1, 0.15) is 0 Å². The van der Waals surface area contributed by atoms with E-state index in [1.165, 1.54) is 0 Å². The molecule has 0 bridgehead atoms. The van der Waals surface area contributed by atoms with Crippen LogP contribution in [0.15, 0.2) is 24.3 Å². The molecule has 1 aromatic carbocycles. The van der Waals surface area contributed by atoms with Gasteiger partial charge in [0.25, 0.3) is 0 Å². The normalized spacial score (nSPS) is 18.7. The molecule has 1 aliphatic heterocycles. The van der Waals surface area contributed by atoms with Crippen molar-refractivity contribution in [3.8, 4) is 6.07 Å². The van der Waals surface area contributed by atoms with Gasteiger partial charge in [-0.25, -0.2) is 0 Å². The lowest BCUT2D eigenvalue weighted by atomic mass is 10.1. The Kier molecular flexibility index (Phi) is 2.92. The van der Waals surface area contributed by atoms with Gasteiger partial charge in [-0.2, -0.15) is 5.26 Å². The van der Waals surface area contributed by atoms with Crippen molar-refractivity contribution in [1.29, 1.82) is 5.26 Å². The summed E-state index contributed by atoms with van der Waals surface area (Å²) in [4.78, 5) is 0. The highest BCUT2D eigenvalue weighted by Crippen LogP contribution is 2.32. The molecule has 0 atom stereocenters. The fraction of sp³-hybridized carbons (Fsp3) is 0.364. The van der Waals surface area contributed by atoms with Gasteiger partial charge in [0.2, 0.25) is 5.79 Å². The van der Waals surface area contributed by atoms with Crippen LogP contribution in [0.4, 0.5) is 0 Å². The first kappa shape index (κ1) is 10.4. The monoisotopic (exact) mass is 223 g/mol. The van der Waals surface area contributed by atoms with E-state index in [2.05, 4.69) is 6.07 Å². The molecule has 0 spiro atoms. The zero-order valence-corrected chi connectivity index (χ0v) is 8.83. The number of hydrogen-bond acceptors (Lipinski definition) is 3. The lowest BCUT2D eigenvalue weighted by molar-refractivity contribution is -0.146. The van der Waals surface area contributed by atoms with Crippen molar-refractivity contribution in [3.05, 3.63) is 35.4 Å². The molecule has 0 amide bonds. The molecule has 1 fully saturated rings. The van der Waals surface area contributed by atoms with Crippen molar-refractivity contribution in [2.45, 2.75) is 5.79 Å². The summed E-state index contributed by atoms with van der Waals surface area (Å²) in [6.07, 6.45) is 0. The first-order valence-corrected chi connectivity index (χ1v) is 5.19. The number of nitriles is 1. The van der Waals surface area contributed by atoms with Gasteiger partial charge in [-0.15, -0.1) is 11.6 Å². The molecule has 0 aromatic heterocycles. The Morgan fingerprint density at radius 3 is 2.33 bits per heavy atom. The van der Waals surface area contributed by atoms with Crippen LogP contribution in [0.25, 0.3) is 0 Å². The van der Waals surface area contributed by atoms with E-state index in [1.54, 1.807) is 12.1 Å². The van der Waals surface area contributed by atoms with E-state index in [4.69, 9.17) is 26.3 Å². The number of rotatable bonds is 2. The second-order valence-electron chi connectivity index (χ2n) is 3.27. The van der Waals surface area contributed by atoms with E-state index < -0.39 is 5.79 Å². The number of benzene rings is 1. The predicted molar refractivity (Wildman–Crippen MR) is 55.5 cm³/mol. The molecular formula is C11H10ClNO2. The van der Waals surface area contributed by atoms with Gasteiger partial charge >= 0.3 is 0 Å². The van der Waals surface area contributed by atoms with Gasteiger partial charge in [-0.3, -0.25) is 0 Å². The smallest absolute Gasteiger partial charge is 0.208 e. The van der Waals surface area contributed by atoms with Crippen LogP contribution in [0.5, 0.6) is 0 Å². The second kappa shape index (κ2) is 4.19. The van der Waals surface area contributed by atoms with E-state index in [1.807, 2.05) is 12.1 Å². The second-order valence-corrected chi connectivity index (χ2v) is 3.54. The molecule has 0 N–H and O–H groups in total. The Morgan fingerprint density at radius 2 is 1.87 bits per heavy atom. The number of alkyl halides is 1. The Balaban J connectivity index is 2.31. The summed E-state index contributed by atoms with van der Waals surface area (Å²) in [6, 6.07) is 9.15. The Morgan fingerprint density at radius 1 is 1.27 bits per heavy atom. The maximum Gasteiger partial charge on any atom is 0.208 e. The lowest BCUT2D eigenvalue weighted by Gasteiger charge is -2.25. The summed E-state index contributed by atoms with van der Waals surface area (Å²) in [7, 11) is 0. The first-order chi connectivity index (χ1) is 7.30. The molecule has 15 heavy (non-hydrogen) atoms. The van der Waals surface area contributed by atoms with Crippen LogP contribution in [-0.2, 0) is 15.3 Å². The number of halogens is 1. The summed E-state index contributed by atoms with van der Waals surface area (Å²) in [6.45, 7) is 1.10. The minimum absolute atomic E-state index is 0.249. The maximum atomic E-state index is 8.68. The highest BCUT2D eigenvalue weighted by Gasteiger charge is 2.37. The number of hydrogen-bond donors (Lipinski definition) is 0. The molecule has 78 valence electrons. The summed E-state index contributed by atoms with van der Waals surface area (Å²) >= 11 is 5.86. The average molecular weight is 224 g/mol. The van der Waals surface area contributed by atoms with E-state index >= 15 is 0 Å². The SMILES string of the molecule is N#Cc1ccc(C2(CCl)OCCO2)cc1. The molecule has 3 nitrogen and oxygen atoms in total. The topological polar surface area (TPSA) is 42.2 Å². The van der Waals surface area contributed by atoms with Gasteiger partial charge < -0.3 is 9.47 Å². The van der Waals surface area contributed by atoms with Crippen molar-refractivity contribution in [2.24, 2.45) is 0 Å².